The van der Waals surface area contributed by atoms with Crippen LogP contribution >= 0.6 is 0 Å². The maximum Gasteiger partial charge on any atom is 0.238 e. The lowest BCUT2D eigenvalue weighted by atomic mass is 9.69. The minimum atomic E-state index is -3.40. The van der Waals surface area contributed by atoms with Crippen LogP contribution in [0.1, 0.15) is 52.9 Å². The lowest BCUT2D eigenvalue weighted by Crippen LogP contribution is -2.44. The highest BCUT2D eigenvalue weighted by molar-refractivity contribution is 7.90. The molecule has 0 radical (unpaired) electrons. The predicted octanol–water partition coefficient (Wildman–Crippen LogP) is 2.15. The summed E-state index contributed by atoms with van der Waals surface area (Å²) < 4.78 is 26.2. The first-order valence-corrected chi connectivity index (χ1v) is 8.92. The summed E-state index contributed by atoms with van der Waals surface area (Å²) in [6, 6.07) is -0.0645. The van der Waals surface area contributed by atoms with E-state index >= 15 is 0 Å². The molecule has 4 nitrogen and oxygen atoms in total. The van der Waals surface area contributed by atoms with Gasteiger partial charge in [0.25, 0.3) is 0 Å². The molecular weight excluding hydrogens is 262 g/mol. The van der Waals surface area contributed by atoms with Gasteiger partial charge in [-0.3, -0.25) is 4.79 Å². The Hall–Kier alpha value is -0.580. The second-order valence-electron chi connectivity index (χ2n) is 7.06. The first kappa shape index (κ1) is 13.4. The topological polar surface area (TPSA) is 54.5 Å². The fraction of sp³-hybridized carbons (Fsp3) is 0.929. The van der Waals surface area contributed by atoms with Crippen LogP contribution in [0.25, 0.3) is 0 Å². The highest BCUT2D eigenvalue weighted by Crippen LogP contribution is 2.69. The summed E-state index contributed by atoms with van der Waals surface area (Å²) in [5, 5.41) is 0. The molecule has 0 aromatic rings. The monoisotopic (exact) mass is 285 g/mol. The molecule has 5 heteroatoms. The molecule has 1 saturated heterocycles. The first-order valence-electron chi connectivity index (χ1n) is 7.31. The van der Waals surface area contributed by atoms with Gasteiger partial charge in [-0.2, -0.15) is 0 Å². The Kier molecular flexibility index (Phi) is 2.64. The van der Waals surface area contributed by atoms with Crippen LogP contribution in [0.3, 0.4) is 0 Å². The second kappa shape index (κ2) is 3.74. The van der Waals surface area contributed by atoms with Crippen molar-refractivity contribution >= 4 is 15.9 Å². The van der Waals surface area contributed by atoms with Gasteiger partial charge in [0.05, 0.1) is 11.8 Å². The van der Waals surface area contributed by atoms with Gasteiger partial charge in [0.15, 0.2) is 0 Å². The van der Waals surface area contributed by atoms with Crippen molar-refractivity contribution in [2.75, 3.05) is 5.75 Å². The summed E-state index contributed by atoms with van der Waals surface area (Å²) >= 11 is 0. The molecule has 2 aliphatic carbocycles. The van der Waals surface area contributed by atoms with Crippen LogP contribution in [0.4, 0.5) is 0 Å². The average Bonchev–Trinajstić information content (AvgIpc) is 2.75. The van der Waals surface area contributed by atoms with Crippen molar-refractivity contribution in [2.24, 2.45) is 16.7 Å². The van der Waals surface area contributed by atoms with Gasteiger partial charge in [-0.05, 0) is 37.0 Å². The standard InChI is InChI=1S/C14H23NO3S/c1-4-5-12(16)15-11-8-10-6-7-14(11,13(10,2)3)9-19(15,17)18/h10-11H,4-9H2,1-3H3/t10-,11-,14-/m1/s1. The molecule has 3 aliphatic rings. The number of carbonyl (C=O) groups is 1. The molecule has 2 saturated carbocycles. The second-order valence-corrected chi connectivity index (χ2v) is 8.91. The minimum Gasteiger partial charge on any atom is -0.274 e. The van der Waals surface area contributed by atoms with Gasteiger partial charge in [0, 0.05) is 11.8 Å². The molecule has 1 spiro atoms. The van der Waals surface area contributed by atoms with Gasteiger partial charge >= 0.3 is 0 Å². The van der Waals surface area contributed by atoms with Gasteiger partial charge in [0.2, 0.25) is 15.9 Å². The van der Waals surface area contributed by atoms with Crippen molar-refractivity contribution in [1.82, 2.24) is 4.31 Å². The molecule has 0 aromatic carbocycles. The SMILES string of the molecule is CCCC(=O)N1[C@@H]2C[C@H]3CC[C@]2(CS1(=O)=O)C3(C)C. The van der Waals surface area contributed by atoms with E-state index in [2.05, 4.69) is 13.8 Å². The number of rotatable bonds is 2. The molecule has 1 heterocycles. The number of nitrogens with zero attached hydrogens (tertiary/aromatic N) is 1. The van der Waals surface area contributed by atoms with Crippen molar-refractivity contribution in [3.8, 4) is 0 Å². The van der Waals surface area contributed by atoms with Crippen LogP contribution < -0.4 is 0 Å². The first-order chi connectivity index (χ1) is 8.76. The molecule has 108 valence electrons. The van der Waals surface area contributed by atoms with E-state index in [1.54, 1.807) is 0 Å². The van der Waals surface area contributed by atoms with E-state index in [0.717, 1.165) is 19.3 Å². The third kappa shape index (κ3) is 1.45. The largest absolute Gasteiger partial charge is 0.274 e. The fourth-order valence-corrected chi connectivity index (χ4v) is 7.52. The van der Waals surface area contributed by atoms with Crippen molar-refractivity contribution in [3.05, 3.63) is 0 Å². The number of sulfonamides is 1. The minimum absolute atomic E-state index is 0.0476. The molecule has 0 N–H and O–H groups in total. The van der Waals surface area contributed by atoms with Crippen LogP contribution in [0, 0.1) is 16.7 Å². The maximum atomic E-state index is 12.5. The predicted molar refractivity (Wildman–Crippen MR) is 72.9 cm³/mol. The zero-order valence-electron chi connectivity index (χ0n) is 12.0. The summed E-state index contributed by atoms with van der Waals surface area (Å²) in [7, 11) is -3.40. The zero-order valence-corrected chi connectivity index (χ0v) is 12.8. The highest BCUT2D eigenvalue weighted by atomic mass is 32.2. The maximum absolute atomic E-state index is 12.5. The van der Waals surface area contributed by atoms with E-state index in [0.29, 0.717) is 18.8 Å². The molecule has 1 aliphatic heterocycles. The number of carbonyl (C=O) groups excluding carboxylic acids is 1. The summed E-state index contributed by atoms with van der Waals surface area (Å²) in [5.74, 6) is 0.571. The Labute approximate surface area is 115 Å². The summed E-state index contributed by atoms with van der Waals surface area (Å²) in [5.41, 5.74) is -0.133. The molecule has 2 bridgehead atoms. The van der Waals surface area contributed by atoms with Crippen molar-refractivity contribution in [1.29, 1.82) is 0 Å². The van der Waals surface area contributed by atoms with Gasteiger partial charge < -0.3 is 0 Å². The summed E-state index contributed by atoms with van der Waals surface area (Å²) in [4.78, 5) is 12.2. The third-order valence-corrected chi connectivity index (χ3v) is 8.06. The Morgan fingerprint density at radius 2 is 2.05 bits per heavy atom. The van der Waals surface area contributed by atoms with Crippen LogP contribution in [0.5, 0.6) is 0 Å². The van der Waals surface area contributed by atoms with Crippen LogP contribution in [0.15, 0.2) is 0 Å². The number of amides is 1. The van der Waals surface area contributed by atoms with Crippen LogP contribution in [0.2, 0.25) is 0 Å². The summed E-state index contributed by atoms with van der Waals surface area (Å²) in [6.07, 6.45) is 4.01. The van der Waals surface area contributed by atoms with Gasteiger partial charge in [-0.15, -0.1) is 0 Å². The van der Waals surface area contributed by atoms with Crippen molar-refractivity contribution < 1.29 is 13.2 Å². The van der Waals surface area contributed by atoms with Crippen molar-refractivity contribution in [2.45, 2.75) is 58.9 Å². The Morgan fingerprint density at radius 3 is 2.63 bits per heavy atom. The van der Waals surface area contributed by atoms with Crippen LogP contribution in [-0.2, 0) is 14.8 Å². The van der Waals surface area contributed by atoms with Gasteiger partial charge in [0.1, 0.15) is 0 Å². The molecule has 19 heavy (non-hydrogen) atoms. The van der Waals surface area contributed by atoms with E-state index in [-0.39, 0.29) is 28.5 Å². The Balaban J connectivity index is 2.04. The average molecular weight is 285 g/mol. The fourth-order valence-electron chi connectivity index (χ4n) is 4.94. The smallest absolute Gasteiger partial charge is 0.238 e. The molecule has 0 aromatic heterocycles. The quantitative estimate of drug-likeness (QED) is 0.781. The molecule has 3 atom stereocenters. The lowest BCUT2D eigenvalue weighted by Gasteiger charge is -2.37. The Morgan fingerprint density at radius 1 is 1.37 bits per heavy atom. The van der Waals surface area contributed by atoms with Gasteiger partial charge in [-0.25, -0.2) is 12.7 Å². The number of fused-ring (bicyclic) bond motifs is 1. The van der Waals surface area contributed by atoms with E-state index in [1.165, 1.54) is 4.31 Å². The van der Waals surface area contributed by atoms with Crippen molar-refractivity contribution in [3.63, 3.8) is 0 Å². The number of hydrogen-bond donors (Lipinski definition) is 0. The molecule has 3 rings (SSSR count). The van der Waals surface area contributed by atoms with E-state index in [4.69, 9.17) is 0 Å². The summed E-state index contributed by atoms with van der Waals surface area (Å²) in [6.45, 7) is 6.32. The highest BCUT2D eigenvalue weighted by Gasteiger charge is 2.72. The van der Waals surface area contributed by atoms with Gasteiger partial charge in [-0.1, -0.05) is 20.8 Å². The number of hydrogen-bond acceptors (Lipinski definition) is 3. The lowest BCUT2D eigenvalue weighted by molar-refractivity contribution is -0.129. The normalized spacial score (nSPS) is 41.5. The van der Waals surface area contributed by atoms with E-state index in [9.17, 15) is 13.2 Å². The Bertz CT molecular complexity index is 525. The zero-order chi connectivity index (χ0) is 14.1. The van der Waals surface area contributed by atoms with E-state index < -0.39 is 10.0 Å². The van der Waals surface area contributed by atoms with E-state index in [1.807, 2.05) is 6.92 Å². The molecular formula is C14H23NO3S. The van der Waals surface area contributed by atoms with Crippen LogP contribution in [-0.4, -0.2) is 30.4 Å². The molecule has 3 fully saturated rings. The third-order valence-electron chi connectivity index (χ3n) is 6.12. The molecule has 1 amide bonds. The molecule has 0 unspecified atom stereocenters.